The summed E-state index contributed by atoms with van der Waals surface area (Å²) in [5.41, 5.74) is 4.90. The summed E-state index contributed by atoms with van der Waals surface area (Å²) >= 11 is 0. The van der Waals surface area contributed by atoms with E-state index >= 15 is 0 Å². The van der Waals surface area contributed by atoms with Gasteiger partial charge in [0.25, 0.3) is 0 Å². The van der Waals surface area contributed by atoms with E-state index in [1.807, 2.05) is 0 Å². The number of benzene rings is 1. The van der Waals surface area contributed by atoms with Gasteiger partial charge < -0.3 is 10.5 Å². The first-order valence-electron chi connectivity index (χ1n) is 4.61. The van der Waals surface area contributed by atoms with Crippen LogP contribution in [0, 0.1) is 0 Å². The molecule has 1 aromatic carbocycles. The van der Waals surface area contributed by atoms with Gasteiger partial charge in [-0.25, -0.2) is 0 Å². The molecule has 0 radical (unpaired) electrons. The van der Waals surface area contributed by atoms with Crippen molar-refractivity contribution < 1.29 is 17.9 Å². The molecule has 0 aliphatic heterocycles. The number of halogens is 3. The van der Waals surface area contributed by atoms with Gasteiger partial charge in [-0.1, -0.05) is 12.2 Å². The zero-order valence-corrected chi connectivity index (χ0v) is 8.71. The Bertz CT molecular complexity index is 385. The molecule has 0 amide bonds. The molecule has 5 heteroatoms. The van der Waals surface area contributed by atoms with Crippen LogP contribution in [0.25, 0.3) is 6.08 Å². The highest BCUT2D eigenvalue weighted by Gasteiger charge is 2.30. The van der Waals surface area contributed by atoms with E-state index in [9.17, 15) is 13.2 Å². The molecule has 2 nitrogen and oxygen atoms in total. The zero-order chi connectivity index (χ0) is 12.2. The zero-order valence-electron chi connectivity index (χ0n) is 8.71. The predicted octanol–water partition coefficient (Wildman–Crippen LogP) is 2.69. The molecule has 0 spiro atoms. The first-order chi connectivity index (χ1) is 7.49. The monoisotopic (exact) mass is 231 g/mol. The molecule has 0 heterocycles. The largest absolute Gasteiger partial charge is 0.496 e. The van der Waals surface area contributed by atoms with Crippen LogP contribution in [0.5, 0.6) is 5.75 Å². The van der Waals surface area contributed by atoms with Crippen molar-refractivity contribution in [3.63, 3.8) is 0 Å². The lowest BCUT2D eigenvalue weighted by atomic mass is 10.1. The lowest BCUT2D eigenvalue weighted by molar-refractivity contribution is -0.137. The molecule has 0 unspecified atom stereocenters. The Kier molecular flexibility index (Phi) is 3.95. The fourth-order valence-electron chi connectivity index (χ4n) is 1.24. The van der Waals surface area contributed by atoms with Gasteiger partial charge in [0.05, 0.1) is 12.7 Å². The number of ether oxygens (including phenoxy) is 1. The van der Waals surface area contributed by atoms with E-state index in [-0.39, 0.29) is 6.54 Å². The predicted molar refractivity (Wildman–Crippen MR) is 56.1 cm³/mol. The number of rotatable bonds is 3. The first kappa shape index (κ1) is 12.6. The summed E-state index contributed by atoms with van der Waals surface area (Å²) in [6, 6.07) is 3.31. The van der Waals surface area contributed by atoms with Crippen LogP contribution in [0.1, 0.15) is 11.1 Å². The second kappa shape index (κ2) is 5.03. The number of hydrogen-bond donors (Lipinski definition) is 1. The second-order valence-electron chi connectivity index (χ2n) is 3.09. The highest BCUT2D eigenvalue weighted by molar-refractivity contribution is 5.58. The summed E-state index contributed by atoms with van der Waals surface area (Å²) in [7, 11) is 1.41. The third-order valence-corrected chi connectivity index (χ3v) is 1.99. The molecule has 0 fully saturated rings. The van der Waals surface area contributed by atoms with Crippen molar-refractivity contribution in [2.45, 2.75) is 6.18 Å². The molecule has 88 valence electrons. The lowest BCUT2D eigenvalue weighted by Crippen LogP contribution is -2.05. The Morgan fingerprint density at radius 2 is 2.06 bits per heavy atom. The normalized spacial score (nSPS) is 12.1. The summed E-state index contributed by atoms with van der Waals surface area (Å²) in [5.74, 6) is 0.387. The van der Waals surface area contributed by atoms with Gasteiger partial charge in [0, 0.05) is 12.1 Å². The minimum Gasteiger partial charge on any atom is -0.496 e. The summed E-state index contributed by atoms with van der Waals surface area (Å²) in [6.45, 7) is 0.263. The van der Waals surface area contributed by atoms with Gasteiger partial charge in [0.2, 0.25) is 0 Å². The highest BCUT2D eigenvalue weighted by Crippen LogP contribution is 2.32. The summed E-state index contributed by atoms with van der Waals surface area (Å²) in [6.07, 6.45) is -1.27. The van der Waals surface area contributed by atoms with Crippen molar-refractivity contribution in [3.05, 3.63) is 35.4 Å². The maximum absolute atomic E-state index is 12.4. The molecule has 1 aromatic rings. The minimum absolute atomic E-state index is 0.263. The van der Waals surface area contributed by atoms with E-state index < -0.39 is 11.7 Å². The minimum atomic E-state index is -4.35. The average molecular weight is 231 g/mol. The van der Waals surface area contributed by atoms with Gasteiger partial charge in [-0.15, -0.1) is 0 Å². The summed E-state index contributed by atoms with van der Waals surface area (Å²) < 4.78 is 42.3. The van der Waals surface area contributed by atoms with Crippen LogP contribution in [-0.2, 0) is 6.18 Å². The molecule has 0 bridgehead atoms. The molecule has 2 N–H and O–H groups in total. The number of hydrogen-bond acceptors (Lipinski definition) is 2. The van der Waals surface area contributed by atoms with Gasteiger partial charge in [-0.3, -0.25) is 0 Å². The van der Waals surface area contributed by atoms with Gasteiger partial charge in [-0.05, 0) is 18.2 Å². The highest BCUT2D eigenvalue weighted by atomic mass is 19.4. The molecular formula is C11H12F3NO. The topological polar surface area (TPSA) is 35.2 Å². The number of methoxy groups -OCH3 is 1. The van der Waals surface area contributed by atoms with Crippen LogP contribution in [0.15, 0.2) is 24.3 Å². The van der Waals surface area contributed by atoms with Crippen molar-refractivity contribution >= 4 is 6.08 Å². The molecule has 16 heavy (non-hydrogen) atoms. The van der Waals surface area contributed by atoms with Crippen molar-refractivity contribution in [1.29, 1.82) is 0 Å². The van der Waals surface area contributed by atoms with Crippen molar-refractivity contribution in [2.24, 2.45) is 5.73 Å². The summed E-state index contributed by atoms with van der Waals surface area (Å²) in [4.78, 5) is 0. The van der Waals surface area contributed by atoms with Crippen molar-refractivity contribution in [3.8, 4) is 5.75 Å². The van der Waals surface area contributed by atoms with Crippen LogP contribution in [0.4, 0.5) is 13.2 Å². The second-order valence-corrected chi connectivity index (χ2v) is 3.09. The molecule has 0 saturated carbocycles. The third kappa shape index (κ3) is 3.00. The standard InChI is InChI=1S/C11H12F3NO/c1-16-10-5-4-9(11(12,13)14)7-8(10)3-2-6-15/h2-5,7H,6,15H2,1H3/b3-2+. The average Bonchev–Trinajstić information content (AvgIpc) is 2.24. The van der Waals surface area contributed by atoms with Crippen LogP contribution in [0.3, 0.4) is 0 Å². The molecule has 1 rings (SSSR count). The first-order valence-corrected chi connectivity index (χ1v) is 4.61. The Morgan fingerprint density at radius 3 is 2.56 bits per heavy atom. The Labute approximate surface area is 91.5 Å². The van der Waals surface area contributed by atoms with Crippen LogP contribution in [0.2, 0.25) is 0 Å². The fourth-order valence-corrected chi connectivity index (χ4v) is 1.24. The number of alkyl halides is 3. The molecular weight excluding hydrogens is 219 g/mol. The van der Waals surface area contributed by atoms with Crippen molar-refractivity contribution in [2.75, 3.05) is 13.7 Å². The lowest BCUT2D eigenvalue weighted by Gasteiger charge is -2.10. The van der Waals surface area contributed by atoms with E-state index in [2.05, 4.69) is 0 Å². The Hall–Kier alpha value is -1.49. The Morgan fingerprint density at radius 1 is 1.38 bits per heavy atom. The van der Waals surface area contributed by atoms with Gasteiger partial charge >= 0.3 is 6.18 Å². The molecule has 0 aliphatic rings. The van der Waals surface area contributed by atoms with Gasteiger partial charge in [0.15, 0.2) is 0 Å². The third-order valence-electron chi connectivity index (χ3n) is 1.99. The maximum Gasteiger partial charge on any atom is 0.416 e. The van der Waals surface area contributed by atoms with Gasteiger partial charge in [-0.2, -0.15) is 13.2 Å². The summed E-state index contributed by atoms with van der Waals surface area (Å²) in [5, 5.41) is 0. The smallest absolute Gasteiger partial charge is 0.416 e. The van der Waals surface area contributed by atoms with Crippen LogP contribution >= 0.6 is 0 Å². The van der Waals surface area contributed by atoms with Crippen LogP contribution < -0.4 is 10.5 Å². The van der Waals surface area contributed by atoms with E-state index in [4.69, 9.17) is 10.5 Å². The number of nitrogens with two attached hydrogens (primary N) is 1. The Balaban J connectivity index is 3.16. The fraction of sp³-hybridized carbons (Fsp3) is 0.273. The molecule has 0 aromatic heterocycles. The SMILES string of the molecule is COc1ccc(C(F)(F)F)cc1/C=C/CN. The maximum atomic E-state index is 12.4. The molecule has 0 aliphatic carbocycles. The van der Waals surface area contributed by atoms with Gasteiger partial charge in [0.1, 0.15) is 5.75 Å². The van der Waals surface area contributed by atoms with E-state index in [1.54, 1.807) is 6.08 Å². The quantitative estimate of drug-likeness (QED) is 0.868. The van der Waals surface area contributed by atoms with E-state index in [1.165, 1.54) is 19.3 Å². The molecule has 0 saturated heterocycles. The van der Waals surface area contributed by atoms with E-state index in [0.717, 1.165) is 12.1 Å². The van der Waals surface area contributed by atoms with Crippen LogP contribution in [-0.4, -0.2) is 13.7 Å². The molecule has 0 atom stereocenters. The van der Waals surface area contributed by atoms with Crippen molar-refractivity contribution in [1.82, 2.24) is 0 Å². The van der Waals surface area contributed by atoms with E-state index in [0.29, 0.717) is 11.3 Å².